The molecule has 1 atom stereocenters. The van der Waals surface area contributed by atoms with Gasteiger partial charge in [0.2, 0.25) is 0 Å². The lowest BCUT2D eigenvalue weighted by molar-refractivity contribution is 0.465. The number of para-hydroxylation sites is 1. The summed E-state index contributed by atoms with van der Waals surface area (Å²) in [7, 11) is 0. The molecule has 0 fully saturated rings. The van der Waals surface area contributed by atoms with Gasteiger partial charge >= 0.3 is 0 Å². The molecule has 2 heteroatoms. The number of phenolic OH excluding ortho intramolecular Hbond substituents is 1. The van der Waals surface area contributed by atoms with Crippen molar-refractivity contribution in [1.29, 1.82) is 0 Å². The van der Waals surface area contributed by atoms with Gasteiger partial charge in [0, 0.05) is 18.0 Å². The molecule has 0 saturated carbocycles. The number of hydrogen-bond acceptors (Lipinski definition) is 2. The van der Waals surface area contributed by atoms with Crippen molar-refractivity contribution < 1.29 is 5.11 Å². The summed E-state index contributed by atoms with van der Waals surface area (Å²) in [6, 6.07) is 17.4. The van der Waals surface area contributed by atoms with Gasteiger partial charge in [0.1, 0.15) is 5.75 Å². The van der Waals surface area contributed by atoms with Crippen molar-refractivity contribution in [3.8, 4) is 5.75 Å². The lowest BCUT2D eigenvalue weighted by atomic mass is 9.91. The van der Waals surface area contributed by atoms with E-state index in [1.54, 1.807) is 6.07 Å². The number of nitrogens with two attached hydrogens (primary N) is 1. The quantitative estimate of drug-likeness (QED) is 0.822. The maximum Gasteiger partial charge on any atom is 0.119 e. The second kappa shape index (κ2) is 4.81. The fourth-order valence-electron chi connectivity index (χ4n) is 1.91. The number of rotatable bonds is 3. The molecule has 0 heterocycles. The predicted octanol–water partition coefficient (Wildman–Crippen LogP) is 2.48. The molecule has 0 aromatic heterocycles. The molecule has 0 amide bonds. The van der Waals surface area contributed by atoms with Crippen molar-refractivity contribution in [2.24, 2.45) is 5.73 Å². The molecular formula is C14H15NO. The Morgan fingerprint density at radius 2 is 1.56 bits per heavy atom. The van der Waals surface area contributed by atoms with Crippen molar-refractivity contribution >= 4 is 0 Å². The molecule has 2 aromatic carbocycles. The van der Waals surface area contributed by atoms with Crippen molar-refractivity contribution in [3.05, 3.63) is 65.7 Å². The van der Waals surface area contributed by atoms with Crippen LogP contribution in [0.25, 0.3) is 0 Å². The molecule has 0 spiro atoms. The molecule has 16 heavy (non-hydrogen) atoms. The lowest BCUT2D eigenvalue weighted by Gasteiger charge is -2.16. The van der Waals surface area contributed by atoms with E-state index in [0.29, 0.717) is 12.3 Å². The largest absolute Gasteiger partial charge is 0.508 e. The summed E-state index contributed by atoms with van der Waals surface area (Å²) < 4.78 is 0. The first-order valence-corrected chi connectivity index (χ1v) is 5.36. The molecule has 2 nitrogen and oxygen atoms in total. The van der Waals surface area contributed by atoms with Gasteiger partial charge in [-0.05, 0) is 11.6 Å². The summed E-state index contributed by atoms with van der Waals surface area (Å²) in [5.41, 5.74) is 7.81. The first-order chi connectivity index (χ1) is 7.83. The normalized spacial score (nSPS) is 12.3. The lowest BCUT2D eigenvalue weighted by Crippen LogP contribution is -2.13. The second-order valence-electron chi connectivity index (χ2n) is 3.76. The van der Waals surface area contributed by atoms with Crippen LogP contribution >= 0.6 is 0 Å². The number of aromatic hydroxyl groups is 1. The van der Waals surface area contributed by atoms with Gasteiger partial charge in [-0.1, -0.05) is 48.5 Å². The Bertz CT molecular complexity index is 453. The Morgan fingerprint density at radius 1 is 0.938 bits per heavy atom. The van der Waals surface area contributed by atoms with Gasteiger partial charge in [-0.15, -0.1) is 0 Å². The zero-order valence-corrected chi connectivity index (χ0v) is 9.01. The first-order valence-electron chi connectivity index (χ1n) is 5.36. The zero-order chi connectivity index (χ0) is 11.4. The van der Waals surface area contributed by atoms with Gasteiger partial charge in [-0.3, -0.25) is 0 Å². The van der Waals surface area contributed by atoms with Gasteiger partial charge in [0.15, 0.2) is 0 Å². The summed E-state index contributed by atoms with van der Waals surface area (Å²) in [5, 5.41) is 9.82. The molecular weight excluding hydrogens is 198 g/mol. The van der Waals surface area contributed by atoms with Crippen LogP contribution in [0.15, 0.2) is 54.6 Å². The number of hydrogen-bond donors (Lipinski definition) is 2. The monoisotopic (exact) mass is 213 g/mol. The van der Waals surface area contributed by atoms with Crippen molar-refractivity contribution in [1.82, 2.24) is 0 Å². The average molecular weight is 213 g/mol. The van der Waals surface area contributed by atoms with E-state index in [-0.39, 0.29) is 5.92 Å². The Hall–Kier alpha value is -1.80. The highest BCUT2D eigenvalue weighted by molar-refractivity contribution is 5.41. The van der Waals surface area contributed by atoms with Crippen LogP contribution in [0, 0.1) is 0 Å². The van der Waals surface area contributed by atoms with Crippen molar-refractivity contribution in [2.45, 2.75) is 5.92 Å². The van der Waals surface area contributed by atoms with Crippen LogP contribution in [0.5, 0.6) is 5.75 Å². The van der Waals surface area contributed by atoms with Crippen LogP contribution in [-0.2, 0) is 0 Å². The fourth-order valence-corrected chi connectivity index (χ4v) is 1.91. The third kappa shape index (κ3) is 2.07. The summed E-state index contributed by atoms with van der Waals surface area (Å²) in [5.74, 6) is 0.365. The molecule has 0 aliphatic carbocycles. The summed E-state index contributed by atoms with van der Waals surface area (Å²) in [6.45, 7) is 0.488. The third-order valence-electron chi connectivity index (χ3n) is 2.75. The Labute approximate surface area is 95.4 Å². The van der Waals surface area contributed by atoms with E-state index < -0.39 is 0 Å². The van der Waals surface area contributed by atoms with Crippen molar-refractivity contribution in [2.75, 3.05) is 6.54 Å². The highest BCUT2D eigenvalue weighted by Crippen LogP contribution is 2.29. The van der Waals surface area contributed by atoms with Crippen LogP contribution in [0.1, 0.15) is 17.0 Å². The highest BCUT2D eigenvalue weighted by Gasteiger charge is 2.14. The Kier molecular flexibility index (Phi) is 3.22. The van der Waals surface area contributed by atoms with Crippen LogP contribution < -0.4 is 5.73 Å². The third-order valence-corrected chi connectivity index (χ3v) is 2.75. The SMILES string of the molecule is NCC(c1ccccc1)c1ccccc1O. The van der Waals surface area contributed by atoms with Gasteiger partial charge in [0.25, 0.3) is 0 Å². The minimum absolute atomic E-state index is 0.0578. The standard InChI is InChI=1S/C14H15NO/c15-10-13(11-6-2-1-3-7-11)12-8-4-5-9-14(12)16/h1-9,13,16H,10,15H2. The molecule has 82 valence electrons. The van der Waals surface area contributed by atoms with E-state index in [2.05, 4.69) is 0 Å². The van der Waals surface area contributed by atoms with Crippen molar-refractivity contribution in [3.63, 3.8) is 0 Å². The van der Waals surface area contributed by atoms with E-state index in [9.17, 15) is 5.11 Å². The molecule has 0 aliphatic heterocycles. The topological polar surface area (TPSA) is 46.2 Å². The number of phenols is 1. The summed E-state index contributed by atoms with van der Waals surface area (Å²) in [4.78, 5) is 0. The molecule has 3 N–H and O–H groups in total. The van der Waals surface area contributed by atoms with Gasteiger partial charge in [0.05, 0.1) is 0 Å². The van der Waals surface area contributed by atoms with E-state index in [1.807, 2.05) is 48.5 Å². The Balaban J connectivity index is 2.41. The molecule has 0 saturated heterocycles. The maximum absolute atomic E-state index is 9.82. The molecule has 2 aromatic rings. The number of benzene rings is 2. The molecule has 1 unspecified atom stereocenters. The average Bonchev–Trinajstić information content (AvgIpc) is 2.34. The fraction of sp³-hybridized carbons (Fsp3) is 0.143. The zero-order valence-electron chi connectivity index (χ0n) is 9.01. The molecule has 0 bridgehead atoms. The smallest absolute Gasteiger partial charge is 0.119 e. The van der Waals surface area contributed by atoms with Crippen LogP contribution in [0.2, 0.25) is 0 Å². The van der Waals surface area contributed by atoms with Crippen LogP contribution in [-0.4, -0.2) is 11.7 Å². The van der Waals surface area contributed by atoms with E-state index in [1.165, 1.54) is 0 Å². The summed E-state index contributed by atoms with van der Waals surface area (Å²) in [6.07, 6.45) is 0. The molecule has 0 radical (unpaired) electrons. The van der Waals surface area contributed by atoms with Crippen LogP contribution in [0.3, 0.4) is 0 Å². The highest BCUT2D eigenvalue weighted by atomic mass is 16.3. The minimum Gasteiger partial charge on any atom is -0.508 e. The van der Waals surface area contributed by atoms with E-state index in [0.717, 1.165) is 11.1 Å². The van der Waals surface area contributed by atoms with Crippen LogP contribution in [0.4, 0.5) is 0 Å². The van der Waals surface area contributed by atoms with Gasteiger partial charge < -0.3 is 10.8 Å². The molecule has 0 aliphatic rings. The van der Waals surface area contributed by atoms with Gasteiger partial charge in [-0.2, -0.15) is 0 Å². The van der Waals surface area contributed by atoms with E-state index >= 15 is 0 Å². The van der Waals surface area contributed by atoms with E-state index in [4.69, 9.17) is 5.73 Å². The second-order valence-corrected chi connectivity index (χ2v) is 3.76. The maximum atomic E-state index is 9.82. The molecule has 2 rings (SSSR count). The Morgan fingerprint density at radius 3 is 2.19 bits per heavy atom. The minimum atomic E-state index is 0.0578. The van der Waals surface area contributed by atoms with Gasteiger partial charge in [-0.25, -0.2) is 0 Å². The first kappa shape index (κ1) is 10.7. The predicted molar refractivity (Wildman–Crippen MR) is 65.4 cm³/mol. The summed E-state index contributed by atoms with van der Waals surface area (Å²) >= 11 is 0.